The molecular weight excluding hydrogens is 226 g/mol. The molecule has 6 heteroatoms. The monoisotopic (exact) mass is 235 g/mol. The lowest BCUT2D eigenvalue weighted by atomic mass is 10.2. The van der Waals surface area contributed by atoms with E-state index in [9.17, 15) is 8.42 Å². The van der Waals surface area contributed by atoms with Crippen LogP contribution in [0.5, 0.6) is 0 Å². The van der Waals surface area contributed by atoms with Crippen LogP contribution in [0.2, 0.25) is 5.02 Å². The van der Waals surface area contributed by atoms with E-state index >= 15 is 0 Å². The molecule has 0 unspecified atom stereocenters. The molecule has 0 aliphatic rings. The largest absolute Gasteiger partial charge is 0.396 e. The number of aliphatic hydroxyl groups excluding tert-OH is 1. The molecule has 0 atom stereocenters. The smallest absolute Gasteiger partial charge is 0.238 e. The maximum Gasteiger partial charge on any atom is 0.238 e. The van der Waals surface area contributed by atoms with E-state index in [4.69, 9.17) is 21.8 Å². The summed E-state index contributed by atoms with van der Waals surface area (Å²) in [4.78, 5) is -0.0287. The Kier molecular flexibility index (Phi) is 3.49. The Labute approximate surface area is 87.4 Å². The molecule has 0 aromatic heterocycles. The van der Waals surface area contributed by atoms with Gasteiger partial charge in [0.15, 0.2) is 0 Å². The molecule has 0 fully saturated rings. The van der Waals surface area contributed by atoms with Crippen molar-refractivity contribution < 1.29 is 13.5 Å². The van der Waals surface area contributed by atoms with E-state index in [0.717, 1.165) is 0 Å². The van der Waals surface area contributed by atoms with Crippen LogP contribution in [0.1, 0.15) is 5.56 Å². The molecule has 0 aliphatic carbocycles. The van der Waals surface area contributed by atoms with Crippen LogP contribution in [0, 0.1) is 0 Å². The molecule has 0 spiro atoms. The third kappa shape index (κ3) is 2.68. The van der Waals surface area contributed by atoms with Crippen LogP contribution in [0.4, 0.5) is 0 Å². The first kappa shape index (κ1) is 11.5. The summed E-state index contributed by atoms with van der Waals surface area (Å²) in [7, 11) is -3.77. The Bertz CT molecular complexity index is 430. The zero-order valence-corrected chi connectivity index (χ0v) is 8.85. The molecule has 0 heterocycles. The summed E-state index contributed by atoms with van der Waals surface area (Å²) in [5.41, 5.74) is 0.472. The molecule has 78 valence electrons. The van der Waals surface area contributed by atoms with Gasteiger partial charge in [0, 0.05) is 11.6 Å². The third-order valence-corrected chi connectivity index (χ3v) is 2.95. The lowest BCUT2D eigenvalue weighted by Gasteiger charge is -2.06. The minimum absolute atomic E-state index is 0.0287. The van der Waals surface area contributed by atoms with Gasteiger partial charge in [-0.25, -0.2) is 13.6 Å². The normalized spacial score (nSPS) is 11.6. The molecule has 0 bridgehead atoms. The molecule has 0 radical (unpaired) electrons. The topological polar surface area (TPSA) is 80.4 Å². The Morgan fingerprint density at radius 3 is 2.57 bits per heavy atom. The van der Waals surface area contributed by atoms with Crippen LogP contribution in [0.15, 0.2) is 23.1 Å². The number of hydrogen-bond donors (Lipinski definition) is 2. The standard InChI is InChI=1S/C8H10ClNO3S/c9-7-2-1-6(3-4-11)8(5-7)14(10,12)13/h1-2,5,11H,3-4H2,(H2,10,12,13). The van der Waals surface area contributed by atoms with Crippen LogP contribution in [-0.4, -0.2) is 20.1 Å². The fourth-order valence-corrected chi connectivity index (χ4v) is 2.18. The summed E-state index contributed by atoms with van der Waals surface area (Å²) in [6.45, 7) is -0.135. The summed E-state index contributed by atoms with van der Waals surface area (Å²) in [6.07, 6.45) is 0.239. The Balaban J connectivity index is 3.30. The summed E-state index contributed by atoms with van der Waals surface area (Å²) < 4.78 is 22.2. The summed E-state index contributed by atoms with van der Waals surface area (Å²) >= 11 is 5.64. The van der Waals surface area contributed by atoms with Gasteiger partial charge in [-0.2, -0.15) is 0 Å². The summed E-state index contributed by atoms with van der Waals surface area (Å²) in [5.74, 6) is 0. The average Bonchev–Trinajstić information content (AvgIpc) is 2.07. The van der Waals surface area contributed by atoms with Crippen LogP contribution in [0.3, 0.4) is 0 Å². The van der Waals surface area contributed by atoms with Crippen LogP contribution in [0.25, 0.3) is 0 Å². The van der Waals surface area contributed by atoms with Crippen molar-refractivity contribution >= 4 is 21.6 Å². The number of halogens is 1. The van der Waals surface area contributed by atoms with Gasteiger partial charge in [0.25, 0.3) is 0 Å². The number of aliphatic hydroxyl groups is 1. The minimum Gasteiger partial charge on any atom is -0.396 e. The van der Waals surface area contributed by atoms with Gasteiger partial charge in [0.1, 0.15) is 0 Å². The van der Waals surface area contributed by atoms with E-state index in [1.807, 2.05) is 0 Å². The van der Waals surface area contributed by atoms with Crippen molar-refractivity contribution in [1.29, 1.82) is 0 Å². The second kappa shape index (κ2) is 4.27. The zero-order chi connectivity index (χ0) is 10.8. The summed E-state index contributed by atoms with van der Waals surface area (Å²) in [6, 6.07) is 4.38. The highest BCUT2D eigenvalue weighted by atomic mass is 35.5. The fourth-order valence-electron chi connectivity index (χ4n) is 1.12. The van der Waals surface area contributed by atoms with Gasteiger partial charge in [-0.1, -0.05) is 17.7 Å². The van der Waals surface area contributed by atoms with E-state index in [1.165, 1.54) is 12.1 Å². The number of primary sulfonamides is 1. The Morgan fingerprint density at radius 1 is 1.43 bits per heavy atom. The van der Waals surface area contributed by atoms with E-state index in [-0.39, 0.29) is 17.9 Å². The zero-order valence-electron chi connectivity index (χ0n) is 7.27. The van der Waals surface area contributed by atoms with Gasteiger partial charge in [-0.3, -0.25) is 0 Å². The van der Waals surface area contributed by atoms with Crippen molar-refractivity contribution in [2.75, 3.05) is 6.61 Å². The number of sulfonamides is 1. The maximum absolute atomic E-state index is 11.1. The van der Waals surface area contributed by atoms with Crippen molar-refractivity contribution in [3.8, 4) is 0 Å². The summed E-state index contributed by atoms with van der Waals surface area (Å²) in [5, 5.41) is 14.0. The minimum atomic E-state index is -3.77. The molecule has 3 N–H and O–H groups in total. The third-order valence-electron chi connectivity index (χ3n) is 1.72. The first-order chi connectivity index (χ1) is 6.45. The highest BCUT2D eigenvalue weighted by Gasteiger charge is 2.13. The molecule has 0 saturated heterocycles. The van der Waals surface area contributed by atoms with Gasteiger partial charge in [0.2, 0.25) is 10.0 Å². The predicted octanol–water partition coefficient (Wildman–Crippen LogP) is 0.522. The van der Waals surface area contributed by atoms with E-state index in [2.05, 4.69) is 0 Å². The predicted molar refractivity (Wildman–Crippen MR) is 53.6 cm³/mol. The van der Waals surface area contributed by atoms with Gasteiger partial charge >= 0.3 is 0 Å². The fraction of sp³-hybridized carbons (Fsp3) is 0.250. The molecule has 1 aromatic rings. The molecule has 14 heavy (non-hydrogen) atoms. The number of rotatable bonds is 3. The van der Waals surface area contributed by atoms with Crippen molar-refractivity contribution in [2.45, 2.75) is 11.3 Å². The maximum atomic E-state index is 11.1. The molecular formula is C8H10ClNO3S. The van der Waals surface area contributed by atoms with Gasteiger partial charge < -0.3 is 5.11 Å². The van der Waals surface area contributed by atoms with Crippen molar-refractivity contribution in [3.05, 3.63) is 28.8 Å². The van der Waals surface area contributed by atoms with Crippen LogP contribution < -0.4 is 5.14 Å². The highest BCUT2D eigenvalue weighted by molar-refractivity contribution is 7.89. The van der Waals surface area contributed by atoms with Crippen LogP contribution >= 0.6 is 11.6 Å². The Hall–Kier alpha value is -0.620. The lowest BCUT2D eigenvalue weighted by Crippen LogP contribution is -2.15. The number of benzene rings is 1. The van der Waals surface area contributed by atoms with Crippen molar-refractivity contribution in [2.24, 2.45) is 5.14 Å². The first-order valence-corrected chi connectivity index (χ1v) is 5.79. The SMILES string of the molecule is NS(=O)(=O)c1cc(Cl)ccc1CCO. The molecule has 1 rings (SSSR count). The van der Waals surface area contributed by atoms with Crippen molar-refractivity contribution in [3.63, 3.8) is 0 Å². The van der Waals surface area contributed by atoms with Gasteiger partial charge in [-0.15, -0.1) is 0 Å². The molecule has 1 aromatic carbocycles. The van der Waals surface area contributed by atoms with E-state index < -0.39 is 10.0 Å². The molecule has 0 aliphatic heterocycles. The highest BCUT2D eigenvalue weighted by Crippen LogP contribution is 2.19. The molecule has 0 saturated carbocycles. The molecule has 0 amide bonds. The van der Waals surface area contributed by atoms with Gasteiger partial charge in [-0.05, 0) is 24.1 Å². The second-order valence-electron chi connectivity index (χ2n) is 2.77. The second-order valence-corrected chi connectivity index (χ2v) is 4.74. The van der Waals surface area contributed by atoms with Crippen molar-refractivity contribution in [1.82, 2.24) is 0 Å². The first-order valence-electron chi connectivity index (χ1n) is 3.87. The van der Waals surface area contributed by atoms with E-state index in [0.29, 0.717) is 10.6 Å². The molecule has 4 nitrogen and oxygen atoms in total. The van der Waals surface area contributed by atoms with Gasteiger partial charge in [0.05, 0.1) is 4.90 Å². The van der Waals surface area contributed by atoms with Crippen LogP contribution in [-0.2, 0) is 16.4 Å². The lowest BCUT2D eigenvalue weighted by molar-refractivity contribution is 0.298. The Morgan fingerprint density at radius 2 is 2.07 bits per heavy atom. The van der Waals surface area contributed by atoms with E-state index in [1.54, 1.807) is 6.07 Å². The number of nitrogens with two attached hydrogens (primary N) is 1. The quantitative estimate of drug-likeness (QED) is 0.802. The number of hydrogen-bond acceptors (Lipinski definition) is 3. The average molecular weight is 236 g/mol.